The van der Waals surface area contributed by atoms with Crippen LogP contribution in [0, 0.1) is 6.92 Å². The molecule has 7 heteroatoms. The molecule has 0 radical (unpaired) electrons. The van der Waals surface area contributed by atoms with Crippen LogP contribution in [-0.2, 0) is 4.79 Å². The second-order valence-corrected chi connectivity index (χ2v) is 7.83. The Hall–Kier alpha value is -4.78. The minimum Gasteiger partial charge on any atom is -0.423 e. The summed E-state index contributed by atoms with van der Waals surface area (Å²) in [7, 11) is 0. The number of ether oxygens (including phenoxy) is 1. The van der Waals surface area contributed by atoms with E-state index in [4.69, 9.17) is 4.74 Å². The molecule has 0 unspecified atom stereocenters. The summed E-state index contributed by atoms with van der Waals surface area (Å²) < 4.78 is 5.51. The molecule has 2 amide bonds. The molecule has 7 nitrogen and oxygen atoms in total. The van der Waals surface area contributed by atoms with Gasteiger partial charge in [0.25, 0.3) is 11.8 Å². The van der Waals surface area contributed by atoms with Gasteiger partial charge in [0.1, 0.15) is 5.75 Å². The zero-order valence-corrected chi connectivity index (χ0v) is 19.0. The largest absolute Gasteiger partial charge is 0.423 e. The van der Waals surface area contributed by atoms with Crippen LogP contribution in [0.5, 0.6) is 5.75 Å². The van der Waals surface area contributed by atoms with E-state index in [0.29, 0.717) is 22.4 Å². The Labute approximate surface area is 202 Å². The number of amides is 2. The standard InChI is InChI=1S/C28H23N3O4/c1-19-6-4-9-22(16-19)27(33)29-18-26(32)31-30-17-20-12-14-23(15-13-20)35-28(34)25-11-5-8-21-7-2-3-10-24(21)25/h2-17H,18H2,1H3,(H,29,33)(H,31,32). The van der Waals surface area contributed by atoms with Crippen molar-refractivity contribution in [2.24, 2.45) is 5.10 Å². The first-order valence-corrected chi connectivity index (χ1v) is 11.0. The molecule has 0 aliphatic carbocycles. The van der Waals surface area contributed by atoms with Gasteiger partial charge in [0.2, 0.25) is 0 Å². The van der Waals surface area contributed by atoms with Gasteiger partial charge in [0, 0.05) is 5.56 Å². The van der Waals surface area contributed by atoms with Crippen LogP contribution in [0.25, 0.3) is 10.8 Å². The average molecular weight is 466 g/mol. The highest BCUT2D eigenvalue weighted by atomic mass is 16.5. The minimum atomic E-state index is -0.456. The van der Waals surface area contributed by atoms with Crippen LogP contribution >= 0.6 is 0 Å². The van der Waals surface area contributed by atoms with Crippen LogP contribution in [0.3, 0.4) is 0 Å². The van der Waals surface area contributed by atoms with E-state index in [1.807, 2.05) is 49.4 Å². The number of aryl methyl sites for hydroxylation is 1. The molecule has 0 bridgehead atoms. The van der Waals surface area contributed by atoms with Gasteiger partial charge in [-0.2, -0.15) is 5.10 Å². The van der Waals surface area contributed by atoms with Crippen molar-refractivity contribution in [2.45, 2.75) is 6.92 Å². The number of hydrogen-bond acceptors (Lipinski definition) is 5. The first kappa shape index (κ1) is 23.4. The Morgan fingerprint density at radius 1 is 0.886 bits per heavy atom. The number of hydrazone groups is 1. The van der Waals surface area contributed by atoms with E-state index in [9.17, 15) is 14.4 Å². The smallest absolute Gasteiger partial charge is 0.344 e. The van der Waals surface area contributed by atoms with Gasteiger partial charge in [-0.3, -0.25) is 9.59 Å². The number of fused-ring (bicyclic) bond motifs is 1. The molecule has 0 heterocycles. The summed E-state index contributed by atoms with van der Waals surface area (Å²) in [5, 5.41) is 8.24. The fraction of sp³-hybridized carbons (Fsp3) is 0.0714. The molecule has 0 fully saturated rings. The maximum absolute atomic E-state index is 12.7. The average Bonchev–Trinajstić information content (AvgIpc) is 2.88. The van der Waals surface area contributed by atoms with Gasteiger partial charge < -0.3 is 10.1 Å². The minimum absolute atomic E-state index is 0.201. The third kappa shape index (κ3) is 6.17. The summed E-state index contributed by atoms with van der Waals surface area (Å²) in [4.78, 5) is 36.7. The van der Waals surface area contributed by atoms with Gasteiger partial charge in [-0.15, -0.1) is 0 Å². The fourth-order valence-corrected chi connectivity index (χ4v) is 3.45. The molecule has 2 N–H and O–H groups in total. The lowest BCUT2D eigenvalue weighted by Crippen LogP contribution is -2.34. The van der Waals surface area contributed by atoms with E-state index >= 15 is 0 Å². The number of esters is 1. The molecule has 0 saturated heterocycles. The lowest BCUT2D eigenvalue weighted by atomic mass is 10.0. The summed E-state index contributed by atoms with van der Waals surface area (Å²) in [6.45, 7) is 1.69. The van der Waals surface area contributed by atoms with Crippen LogP contribution < -0.4 is 15.5 Å². The predicted molar refractivity (Wildman–Crippen MR) is 135 cm³/mol. The molecule has 0 spiro atoms. The van der Waals surface area contributed by atoms with Crippen molar-refractivity contribution >= 4 is 34.8 Å². The van der Waals surface area contributed by atoms with Crippen LogP contribution in [0.1, 0.15) is 31.8 Å². The summed E-state index contributed by atoms with van der Waals surface area (Å²) >= 11 is 0. The SMILES string of the molecule is Cc1cccc(C(=O)NCC(=O)NN=Cc2ccc(OC(=O)c3cccc4ccccc34)cc2)c1. The van der Waals surface area contributed by atoms with Crippen molar-refractivity contribution in [3.63, 3.8) is 0 Å². The summed E-state index contributed by atoms with van der Waals surface area (Å²) in [6.07, 6.45) is 1.45. The van der Waals surface area contributed by atoms with E-state index in [1.54, 1.807) is 48.5 Å². The van der Waals surface area contributed by atoms with Crippen molar-refractivity contribution in [1.82, 2.24) is 10.7 Å². The van der Waals surface area contributed by atoms with Crippen molar-refractivity contribution in [3.8, 4) is 5.75 Å². The van der Waals surface area contributed by atoms with Gasteiger partial charge >= 0.3 is 5.97 Å². The van der Waals surface area contributed by atoms with Crippen molar-refractivity contribution in [3.05, 3.63) is 113 Å². The van der Waals surface area contributed by atoms with E-state index in [0.717, 1.165) is 16.3 Å². The molecular weight excluding hydrogens is 442 g/mol. The zero-order valence-electron chi connectivity index (χ0n) is 19.0. The predicted octanol–water partition coefficient (Wildman–Crippen LogP) is 4.25. The molecular formula is C28H23N3O4. The van der Waals surface area contributed by atoms with Crippen LogP contribution in [0.2, 0.25) is 0 Å². The molecule has 0 aromatic heterocycles. The van der Waals surface area contributed by atoms with E-state index in [-0.39, 0.29) is 12.5 Å². The van der Waals surface area contributed by atoms with Gasteiger partial charge in [0.05, 0.1) is 18.3 Å². The quantitative estimate of drug-likeness (QED) is 0.185. The highest BCUT2D eigenvalue weighted by Crippen LogP contribution is 2.21. The number of nitrogens with one attached hydrogen (secondary N) is 2. The molecule has 4 aromatic carbocycles. The zero-order chi connectivity index (χ0) is 24.6. The Bertz CT molecular complexity index is 1410. The van der Waals surface area contributed by atoms with Gasteiger partial charge in [-0.25, -0.2) is 10.2 Å². The Morgan fingerprint density at radius 2 is 1.63 bits per heavy atom. The molecule has 0 aliphatic rings. The van der Waals surface area contributed by atoms with E-state index in [1.165, 1.54) is 6.21 Å². The van der Waals surface area contributed by atoms with E-state index < -0.39 is 11.9 Å². The maximum atomic E-state index is 12.7. The van der Waals surface area contributed by atoms with Gasteiger partial charge in [-0.1, -0.05) is 54.1 Å². The second-order valence-electron chi connectivity index (χ2n) is 7.83. The van der Waals surface area contributed by atoms with E-state index in [2.05, 4.69) is 15.8 Å². The van der Waals surface area contributed by atoms with Crippen molar-refractivity contribution in [2.75, 3.05) is 6.54 Å². The second kappa shape index (κ2) is 10.9. The summed E-state index contributed by atoms with van der Waals surface area (Å²) in [5.41, 5.74) is 5.00. The highest BCUT2D eigenvalue weighted by molar-refractivity contribution is 6.05. The number of carbonyl (C=O) groups is 3. The number of rotatable bonds is 7. The normalized spacial score (nSPS) is 10.8. The summed E-state index contributed by atoms with van der Waals surface area (Å²) in [5.74, 6) is -0.837. The lowest BCUT2D eigenvalue weighted by Gasteiger charge is -2.07. The van der Waals surface area contributed by atoms with Crippen molar-refractivity contribution < 1.29 is 19.1 Å². The molecule has 35 heavy (non-hydrogen) atoms. The summed E-state index contributed by atoms with van der Waals surface area (Å²) in [6, 6.07) is 26.9. The molecule has 4 rings (SSSR count). The maximum Gasteiger partial charge on any atom is 0.344 e. The molecule has 0 saturated carbocycles. The molecule has 0 aliphatic heterocycles. The topological polar surface area (TPSA) is 96.9 Å². The van der Waals surface area contributed by atoms with Crippen LogP contribution in [0.4, 0.5) is 0 Å². The third-order valence-electron chi connectivity index (χ3n) is 5.19. The molecule has 0 atom stereocenters. The number of benzene rings is 4. The third-order valence-corrected chi connectivity index (χ3v) is 5.19. The number of nitrogens with zero attached hydrogens (tertiary/aromatic N) is 1. The van der Waals surface area contributed by atoms with Gasteiger partial charge in [-0.05, 0) is 65.7 Å². The monoisotopic (exact) mass is 465 g/mol. The van der Waals surface area contributed by atoms with Gasteiger partial charge in [0.15, 0.2) is 0 Å². The highest BCUT2D eigenvalue weighted by Gasteiger charge is 2.12. The van der Waals surface area contributed by atoms with Crippen LogP contribution in [-0.4, -0.2) is 30.5 Å². The molecule has 4 aromatic rings. The fourth-order valence-electron chi connectivity index (χ4n) is 3.45. The Balaban J connectivity index is 1.28. The molecule has 174 valence electrons. The lowest BCUT2D eigenvalue weighted by molar-refractivity contribution is -0.120. The van der Waals surface area contributed by atoms with Crippen molar-refractivity contribution in [1.29, 1.82) is 0 Å². The number of hydrogen-bond donors (Lipinski definition) is 2. The first-order valence-electron chi connectivity index (χ1n) is 11.0. The Kier molecular flexibility index (Phi) is 7.28. The Morgan fingerprint density at radius 3 is 2.43 bits per heavy atom. The first-order chi connectivity index (χ1) is 17.0. The van der Waals surface area contributed by atoms with Crippen LogP contribution in [0.15, 0.2) is 96.1 Å². The number of carbonyl (C=O) groups excluding carboxylic acids is 3.